The largest absolute Gasteiger partial charge is 0.198 e. The maximum atomic E-state index is 9.80. The molecule has 0 heterocycles. The molecule has 0 aliphatic heterocycles. The van der Waals surface area contributed by atoms with Crippen LogP contribution in [0.15, 0.2) is 0 Å². The lowest BCUT2D eigenvalue weighted by atomic mass is 9.63. The van der Waals surface area contributed by atoms with Gasteiger partial charge in [0.25, 0.3) is 0 Å². The summed E-state index contributed by atoms with van der Waals surface area (Å²) in [5, 5.41) is 9.80. The molecule has 2 fully saturated rings. The van der Waals surface area contributed by atoms with Gasteiger partial charge in [0.1, 0.15) is 0 Å². The minimum Gasteiger partial charge on any atom is -0.198 e. The van der Waals surface area contributed by atoms with Crippen molar-refractivity contribution in [2.45, 2.75) is 117 Å². The van der Waals surface area contributed by atoms with Crippen molar-refractivity contribution >= 4 is 0 Å². The molecule has 2 aliphatic rings. The summed E-state index contributed by atoms with van der Waals surface area (Å²) in [4.78, 5) is 0. The fraction of sp³-hybridized carbons (Fsp3) is 0.957. The first-order chi connectivity index (χ1) is 11.7. The van der Waals surface area contributed by atoms with Crippen LogP contribution in [0.1, 0.15) is 117 Å². The highest BCUT2D eigenvalue weighted by Crippen LogP contribution is 2.47. The smallest absolute Gasteiger partial charge is 0.0689 e. The van der Waals surface area contributed by atoms with E-state index in [2.05, 4.69) is 19.9 Å². The zero-order chi connectivity index (χ0) is 17.3. The zero-order valence-electron chi connectivity index (χ0n) is 16.5. The Hall–Kier alpha value is -0.510. The molecule has 0 unspecified atom stereocenters. The van der Waals surface area contributed by atoms with Gasteiger partial charge in [-0.25, -0.2) is 0 Å². The van der Waals surface area contributed by atoms with E-state index < -0.39 is 0 Å². The van der Waals surface area contributed by atoms with Gasteiger partial charge in [-0.1, -0.05) is 71.6 Å². The Bertz CT molecular complexity index is 364. The molecule has 0 N–H and O–H groups in total. The Morgan fingerprint density at radius 1 is 0.792 bits per heavy atom. The van der Waals surface area contributed by atoms with Gasteiger partial charge in [0.15, 0.2) is 0 Å². The van der Waals surface area contributed by atoms with Crippen LogP contribution in [0.3, 0.4) is 0 Å². The maximum absolute atomic E-state index is 9.80. The Kier molecular flexibility index (Phi) is 8.65. The van der Waals surface area contributed by atoms with E-state index in [-0.39, 0.29) is 5.41 Å². The SMILES string of the molecule is CCCCCCCCC1(C#N)CCC(C2CCC(CC)CC2)CC1. The fourth-order valence-corrected chi connectivity index (χ4v) is 5.39. The number of nitrogens with zero attached hydrogens (tertiary/aromatic N) is 1. The molecule has 0 bridgehead atoms. The van der Waals surface area contributed by atoms with E-state index in [0.29, 0.717) is 0 Å². The third kappa shape index (κ3) is 5.79. The lowest BCUT2D eigenvalue weighted by Gasteiger charge is -2.40. The van der Waals surface area contributed by atoms with Crippen molar-refractivity contribution in [3.8, 4) is 6.07 Å². The van der Waals surface area contributed by atoms with E-state index >= 15 is 0 Å². The van der Waals surface area contributed by atoms with Crippen LogP contribution in [-0.2, 0) is 0 Å². The van der Waals surface area contributed by atoms with Crippen molar-refractivity contribution in [2.75, 3.05) is 0 Å². The molecule has 0 saturated heterocycles. The predicted octanol–water partition coefficient (Wildman–Crippen LogP) is 7.65. The molecular weight excluding hydrogens is 290 g/mol. The number of nitriles is 1. The van der Waals surface area contributed by atoms with Crippen molar-refractivity contribution in [2.24, 2.45) is 23.2 Å². The molecule has 0 amide bonds. The predicted molar refractivity (Wildman–Crippen MR) is 104 cm³/mol. The molecule has 2 saturated carbocycles. The van der Waals surface area contributed by atoms with Gasteiger partial charge in [0.2, 0.25) is 0 Å². The second-order valence-electron chi connectivity index (χ2n) is 8.94. The Balaban J connectivity index is 1.68. The highest BCUT2D eigenvalue weighted by atomic mass is 14.4. The summed E-state index contributed by atoms with van der Waals surface area (Å²) in [7, 11) is 0. The highest BCUT2D eigenvalue weighted by Gasteiger charge is 2.38. The molecular formula is C23H41N. The second kappa shape index (κ2) is 10.5. The van der Waals surface area contributed by atoms with Crippen LogP contribution in [0.2, 0.25) is 0 Å². The van der Waals surface area contributed by atoms with E-state index in [1.54, 1.807) is 0 Å². The van der Waals surface area contributed by atoms with Crippen molar-refractivity contribution in [3.05, 3.63) is 0 Å². The van der Waals surface area contributed by atoms with Gasteiger partial charge < -0.3 is 0 Å². The summed E-state index contributed by atoms with van der Waals surface area (Å²) in [5.41, 5.74) is 0.0435. The minimum atomic E-state index is 0.0435. The molecule has 0 aromatic rings. The van der Waals surface area contributed by atoms with Crippen LogP contribution < -0.4 is 0 Å². The molecule has 0 spiro atoms. The van der Waals surface area contributed by atoms with E-state index in [9.17, 15) is 5.26 Å². The van der Waals surface area contributed by atoms with Gasteiger partial charge in [-0.15, -0.1) is 0 Å². The van der Waals surface area contributed by atoms with Crippen LogP contribution in [0.25, 0.3) is 0 Å². The molecule has 1 nitrogen and oxygen atoms in total. The van der Waals surface area contributed by atoms with E-state index in [4.69, 9.17) is 0 Å². The highest BCUT2D eigenvalue weighted by molar-refractivity contribution is 5.02. The van der Waals surface area contributed by atoms with Crippen LogP contribution in [0.4, 0.5) is 0 Å². The summed E-state index contributed by atoms with van der Waals surface area (Å²) in [5.74, 6) is 2.93. The minimum absolute atomic E-state index is 0.0435. The van der Waals surface area contributed by atoms with Gasteiger partial charge in [0, 0.05) is 0 Å². The average molecular weight is 332 g/mol. The van der Waals surface area contributed by atoms with Crippen LogP contribution in [0.5, 0.6) is 0 Å². The zero-order valence-corrected chi connectivity index (χ0v) is 16.5. The second-order valence-corrected chi connectivity index (χ2v) is 8.94. The van der Waals surface area contributed by atoms with Crippen LogP contribution in [0, 0.1) is 34.5 Å². The van der Waals surface area contributed by atoms with E-state index in [0.717, 1.165) is 17.8 Å². The van der Waals surface area contributed by atoms with Gasteiger partial charge >= 0.3 is 0 Å². The number of hydrogen-bond acceptors (Lipinski definition) is 1. The number of hydrogen-bond donors (Lipinski definition) is 0. The molecule has 138 valence electrons. The first kappa shape index (κ1) is 19.8. The molecule has 0 atom stereocenters. The molecule has 24 heavy (non-hydrogen) atoms. The van der Waals surface area contributed by atoms with Crippen LogP contribution >= 0.6 is 0 Å². The summed E-state index contributed by atoms with van der Waals surface area (Å²) >= 11 is 0. The standard InChI is InChI=1S/C23H41N/c1-3-5-6-7-8-9-16-23(19-24)17-14-22(15-18-23)21-12-10-20(4-2)11-13-21/h20-22H,3-18H2,1-2H3. The Labute approximate surface area is 151 Å². The molecule has 1 heteroatoms. The van der Waals surface area contributed by atoms with Crippen molar-refractivity contribution in [1.29, 1.82) is 5.26 Å². The summed E-state index contributed by atoms with van der Waals surface area (Å²) < 4.78 is 0. The summed E-state index contributed by atoms with van der Waals surface area (Å²) in [6.07, 6.45) is 21.6. The fourth-order valence-electron chi connectivity index (χ4n) is 5.39. The molecule has 0 radical (unpaired) electrons. The van der Waals surface area contributed by atoms with Gasteiger partial charge in [-0.05, 0) is 62.7 Å². The third-order valence-corrected chi connectivity index (χ3v) is 7.37. The van der Waals surface area contributed by atoms with Crippen molar-refractivity contribution in [3.63, 3.8) is 0 Å². The maximum Gasteiger partial charge on any atom is 0.0689 e. The van der Waals surface area contributed by atoms with E-state index in [1.165, 1.54) is 103 Å². The lowest BCUT2D eigenvalue weighted by Crippen LogP contribution is -2.31. The Morgan fingerprint density at radius 3 is 1.96 bits per heavy atom. The van der Waals surface area contributed by atoms with Crippen molar-refractivity contribution < 1.29 is 0 Å². The summed E-state index contributed by atoms with van der Waals surface area (Å²) in [6.45, 7) is 4.63. The normalized spacial score (nSPS) is 34.0. The first-order valence-electron chi connectivity index (χ1n) is 11.1. The first-order valence-corrected chi connectivity index (χ1v) is 11.1. The number of rotatable bonds is 9. The average Bonchev–Trinajstić information content (AvgIpc) is 2.65. The number of unbranched alkanes of at least 4 members (excludes halogenated alkanes) is 5. The van der Waals surface area contributed by atoms with Crippen molar-refractivity contribution in [1.82, 2.24) is 0 Å². The molecule has 0 aromatic carbocycles. The summed E-state index contributed by atoms with van der Waals surface area (Å²) in [6, 6.07) is 2.76. The lowest BCUT2D eigenvalue weighted by molar-refractivity contribution is 0.116. The van der Waals surface area contributed by atoms with Gasteiger partial charge in [0.05, 0.1) is 11.5 Å². The topological polar surface area (TPSA) is 23.8 Å². The van der Waals surface area contributed by atoms with Gasteiger partial charge in [-0.3, -0.25) is 0 Å². The van der Waals surface area contributed by atoms with Crippen LogP contribution in [-0.4, -0.2) is 0 Å². The molecule has 2 rings (SSSR count). The third-order valence-electron chi connectivity index (χ3n) is 7.37. The molecule has 2 aliphatic carbocycles. The quantitative estimate of drug-likeness (QED) is 0.398. The van der Waals surface area contributed by atoms with Gasteiger partial charge in [-0.2, -0.15) is 5.26 Å². The monoisotopic (exact) mass is 331 g/mol. The van der Waals surface area contributed by atoms with E-state index in [1.807, 2.05) is 0 Å². The Morgan fingerprint density at radius 2 is 1.38 bits per heavy atom. The molecule has 0 aromatic heterocycles.